The lowest BCUT2D eigenvalue weighted by atomic mass is 10.2. The number of halogens is 1. The molecule has 76 valence electrons. The molecule has 1 saturated heterocycles. The van der Waals surface area contributed by atoms with E-state index in [0.29, 0.717) is 23.0 Å². The van der Waals surface area contributed by atoms with Crippen molar-refractivity contribution in [1.82, 2.24) is 5.32 Å². The third kappa shape index (κ3) is 3.88. The summed E-state index contributed by atoms with van der Waals surface area (Å²) < 4.78 is 11.2. The Hall–Kier alpha value is 0.280. The maximum absolute atomic E-state index is 7.25. The number of nitrogens with one attached hydrogen (secondary N) is 2. The summed E-state index contributed by atoms with van der Waals surface area (Å²) in [6.07, 6.45) is 0.955. The Morgan fingerprint density at radius 3 is 3.08 bits per heavy atom. The Labute approximate surface area is 92.0 Å². The molecule has 0 aromatic heterocycles. The van der Waals surface area contributed by atoms with Crippen molar-refractivity contribution in [3.63, 3.8) is 0 Å². The first-order valence-corrected chi connectivity index (χ1v) is 5.38. The Kier molecular flexibility index (Phi) is 5.15. The van der Waals surface area contributed by atoms with Gasteiger partial charge in [-0.2, -0.15) is 0 Å². The summed E-state index contributed by atoms with van der Waals surface area (Å²) in [6.45, 7) is 2.22. The fourth-order valence-electron chi connectivity index (χ4n) is 1.32. The van der Waals surface area contributed by atoms with Crippen LogP contribution >= 0.6 is 22.6 Å². The van der Waals surface area contributed by atoms with Gasteiger partial charge in [0.25, 0.3) is 0 Å². The summed E-state index contributed by atoms with van der Waals surface area (Å²) in [4.78, 5) is 0. The Balaban J connectivity index is 2.16. The number of hydrogen-bond donors (Lipinski definition) is 2. The van der Waals surface area contributed by atoms with Gasteiger partial charge in [-0.25, -0.2) is 0 Å². The predicted octanol–water partition coefficient (Wildman–Crippen LogP) is 0.792. The van der Waals surface area contributed by atoms with E-state index in [9.17, 15) is 0 Å². The summed E-state index contributed by atoms with van der Waals surface area (Å²) in [5.41, 5.74) is 0. The monoisotopic (exact) mass is 298 g/mol. The number of hydrogen-bond acceptors (Lipinski definition) is 4. The highest BCUT2D eigenvalue weighted by Crippen LogP contribution is 2.08. The lowest BCUT2D eigenvalue weighted by Gasteiger charge is -2.16. The average molecular weight is 298 g/mol. The Bertz CT molecular complexity index is 178. The second-order valence-electron chi connectivity index (χ2n) is 3.03. The van der Waals surface area contributed by atoms with Crippen LogP contribution in [0.1, 0.15) is 6.42 Å². The van der Waals surface area contributed by atoms with Crippen LogP contribution in [-0.4, -0.2) is 42.7 Å². The molecular formula is C8H15IN2O2. The van der Waals surface area contributed by atoms with Gasteiger partial charge >= 0.3 is 0 Å². The highest BCUT2D eigenvalue weighted by molar-refractivity contribution is 14.1. The number of ether oxygens (including phenoxy) is 2. The second kappa shape index (κ2) is 5.90. The molecule has 2 N–H and O–H groups in total. The van der Waals surface area contributed by atoms with Gasteiger partial charge < -0.3 is 14.8 Å². The molecule has 0 aromatic carbocycles. The second-order valence-corrected chi connectivity index (χ2v) is 4.33. The molecule has 1 aliphatic heterocycles. The quantitative estimate of drug-likeness (QED) is 0.583. The van der Waals surface area contributed by atoms with Gasteiger partial charge in [-0.3, -0.25) is 5.41 Å². The third-order valence-corrected chi connectivity index (χ3v) is 2.62. The molecule has 0 bridgehead atoms. The molecule has 0 spiro atoms. The summed E-state index contributed by atoms with van der Waals surface area (Å²) in [5.74, 6) is 0. The molecule has 0 radical (unpaired) electrons. The SMILES string of the molecule is CO[C@H]1COC[C@@H]1NCCC(=N)I. The van der Waals surface area contributed by atoms with Gasteiger partial charge in [-0.05, 0) is 22.6 Å². The molecular weight excluding hydrogens is 283 g/mol. The van der Waals surface area contributed by atoms with Crippen molar-refractivity contribution in [3.05, 3.63) is 0 Å². The summed E-state index contributed by atoms with van der Waals surface area (Å²) in [7, 11) is 1.70. The Morgan fingerprint density at radius 2 is 2.46 bits per heavy atom. The first-order valence-electron chi connectivity index (χ1n) is 4.31. The van der Waals surface area contributed by atoms with Gasteiger partial charge in [0.2, 0.25) is 0 Å². The molecule has 1 aliphatic rings. The highest BCUT2D eigenvalue weighted by Gasteiger charge is 2.27. The van der Waals surface area contributed by atoms with Crippen LogP contribution in [0.2, 0.25) is 0 Å². The van der Waals surface area contributed by atoms with Gasteiger partial charge in [0.1, 0.15) is 0 Å². The topological polar surface area (TPSA) is 54.3 Å². The molecule has 0 saturated carbocycles. The van der Waals surface area contributed by atoms with E-state index in [1.165, 1.54) is 0 Å². The minimum Gasteiger partial charge on any atom is -0.377 e. The van der Waals surface area contributed by atoms with Crippen molar-refractivity contribution in [2.45, 2.75) is 18.6 Å². The summed E-state index contributed by atoms with van der Waals surface area (Å²) >= 11 is 2.02. The van der Waals surface area contributed by atoms with Crippen molar-refractivity contribution in [1.29, 1.82) is 5.41 Å². The van der Waals surface area contributed by atoms with Crippen molar-refractivity contribution in [2.24, 2.45) is 0 Å². The van der Waals surface area contributed by atoms with Crippen molar-refractivity contribution in [3.8, 4) is 0 Å². The zero-order valence-corrected chi connectivity index (χ0v) is 9.84. The molecule has 0 amide bonds. The van der Waals surface area contributed by atoms with E-state index in [-0.39, 0.29) is 6.10 Å². The molecule has 5 heteroatoms. The minimum absolute atomic E-state index is 0.170. The van der Waals surface area contributed by atoms with Gasteiger partial charge in [0, 0.05) is 20.1 Å². The molecule has 0 unspecified atom stereocenters. The standard InChI is InChI=1S/C8H15IN2O2/c1-12-7-5-13-4-6(7)11-3-2-8(9)10/h6-7,10-11H,2-5H2,1H3/t6-,7-/m0/s1. The lowest BCUT2D eigenvalue weighted by molar-refractivity contribution is 0.0736. The van der Waals surface area contributed by atoms with E-state index >= 15 is 0 Å². The first-order chi connectivity index (χ1) is 6.24. The van der Waals surface area contributed by atoms with E-state index in [1.54, 1.807) is 7.11 Å². The molecule has 0 aliphatic carbocycles. The third-order valence-electron chi connectivity index (χ3n) is 2.08. The molecule has 13 heavy (non-hydrogen) atoms. The van der Waals surface area contributed by atoms with Crippen LogP contribution < -0.4 is 5.32 Å². The minimum atomic E-state index is 0.170. The van der Waals surface area contributed by atoms with E-state index in [1.807, 2.05) is 22.6 Å². The predicted molar refractivity (Wildman–Crippen MR) is 59.8 cm³/mol. The Morgan fingerprint density at radius 1 is 1.69 bits per heavy atom. The summed E-state index contributed by atoms with van der Waals surface area (Å²) in [5, 5.41) is 10.6. The van der Waals surface area contributed by atoms with Crippen LogP contribution in [0.25, 0.3) is 0 Å². The van der Waals surface area contributed by atoms with E-state index in [4.69, 9.17) is 14.9 Å². The van der Waals surface area contributed by atoms with E-state index in [2.05, 4.69) is 5.32 Å². The van der Waals surface area contributed by atoms with Gasteiger partial charge in [-0.15, -0.1) is 0 Å². The largest absolute Gasteiger partial charge is 0.377 e. The maximum Gasteiger partial charge on any atom is 0.0979 e. The summed E-state index contributed by atoms with van der Waals surface area (Å²) in [6, 6.07) is 0.292. The van der Waals surface area contributed by atoms with Crippen LogP contribution in [0.4, 0.5) is 0 Å². The molecule has 1 fully saturated rings. The normalized spacial score (nSPS) is 27.8. The van der Waals surface area contributed by atoms with Crippen molar-refractivity contribution in [2.75, 3.05) is 26.9 Å². The van der Waals surface area contributed by atoms with Crippen LogP contribution in [0.5, 0.6) is 0 Å². The lowest BCUT2D eigenvalue weighted by Crippen LogP contribution is -2.40. The van der Waals surface area contributed by atoms with Gasteiger partial charge in [-0.1, -0.05) is 0 Å². The molecule has 1 rings (SSSR count). The van der Waals surface area contributed by atoms with E-state index < -0.39 is 0 Å². The van der Waals surface area contributed by atoms with Crippen molar-refractivity contribution >= 4 is 26.3 Å². The van der Waals surface area contributed by atoms with Crippen LogP contribution in [0, 0.1) is 5.41 Å². The van der Waals surface area contributed by atoms with Gasteiger partial charge in [0.15, 0.2) is 0 Å². The first kappa shape index (κ1) is 11.4. The van der Waals surface area contributed by atoms with Crippen LogP contribution in [0.15, 0.2) is 0 Å². The van der Waals surface area contributed by atoms with Crippen LogP contribution in [0.3, 0.4) is 0 Å². The zero-order valence-electron chi connectivity index (χ0n) is 7.68. The molecule has 1 heterocycles. The van der Waals surface area contributed by atoms with E-state index in [0.717, 1.165) is 13.0 Å². The fraction of sp³-hybridized carbons (Fsp3) is 0.875. The fourth-order valence-corrected chi connectivity index (χ4v) is 1.59. The van der Waals surface area contributed by atoms with Crippen molar-refractivity contribution < 1.29 is 9.47 Å². The maximum atomic E-state index is 7.25. The molecule has 4 nitrogen and oxygen atoms in total. The number of methoxy groups -OCH3 is 1. The number of rotatable bonds is 5. The highest BCUT2D eigenvalue weighted by atomic mass is 127. The molecule has 2 atom stereocenters. The smallest absolute Gasteiger partial charge is 0.0979 e. The van der Waals surface area contributed by atoms with Crippen LogP contribution in [-0.2, 0) is 9.47 Å². The zero-order chi connectivity index (χ0) is 9.68. The average Bonchev–Trinajstić information content (AvgIpc) is 2.51. The molecule has 0 aromatic rings. The van der Waals surface area contributed by atoms with Gasteiger partial charge in [0.05, 0.1) is 29.1 Å².